The van der Waals surface area contributed by atoms with Crippen LogP contribution < -0.4 is 24.4 Å². The Morgan fingerprint density at radius 3 is 2.41 bits per heavy atom. The SMILES string of the molecule is CCOC(=O)C1=C(C)N=c2s/c(=C/c3cc(C)n(-c4cccc(C(=O)OC)c4)c3C)c(=O)n2[C@H]1c1ccc(OC)c(OC)c1. The smallest absolute Gasteiger partial charge is 0.338 e. The molecule has 1 aliphatic heterocycles. The first-order valence-electron chi connectivity index (χ1n) is 13.9. The van der Waals surface area contributed by atoms with Crippen LogP contribution in [0.4, 0.5) is 0 Å². The van der Waals surface area contributed by atoms with Gasteiger partial charge in [0, 0.05) is 17.1 Å². The first-order chi connectivity index (χ1) is 21.1. The fourth-order valence-corrected chi connectivity index (χ4v) is 6.53. The van der Waals surface area contributed by atoms with Crippen LogP contribution in [0.3, 0.4) is 0 Å². The minimum absolute atomic E-state index is 0.177. The third-order valence-electron chi connectivity index (χ3n) is 7.52. The molecule has 0 amide bonds. The molecule has 0 saturated carbocycles. The molecule has 0 spiro atoms. The number of allylic oxidation sites excluding steroid dienone is 1. The standard InChI is InChI=1S/C33H33N3O7S/c1-8-43-32(39)28-19(3)34-33-36(29(28)21-12-13-25(40-5)26(16-21)41-6)30(37)27(44-33)17-23-14-18(2)35(20(23)4)24-11-9-10-22(15-24)31(38)42-7/h9-17,29H,8H2,1-7H3/b27-17+/t29-/m0/s1. The molecule has 0 bridgehead atoms. The van der Waals surface area contributed by atoms with E-state index < -0.39 is 18.0 Å². The summed E-state index contributed by atoms with van der Waals surface area (Å²) >= 11 is 1.25. The Bertz CT molecular complexity index is 2000. The summed E-state index contributed by atoms with van der Waals surface area (Å²) in [6.07, 6.45) is 1.84. The largest absolute Gasteiger partial charge is 0.493 e. The van der Waals surface area contributed by atoms with Gasteiger partial charge in [-0.15, -0.1) is 0 Å². The number of esters is 2. The van der Waals surface area contributed by atoms with Crippen molar-refractivity contribution in [3.63, 3.8) is 0 Å². The maximum Gasteiger partial charge on any atom is 0.338 e. The van der Waals surface area contributed by atoms with Gasteiger partial charge in [0.15, 0.2) is 16.3 Å². The topological polar surface area (TPSA) is 110 Å². The number of nitrogens with zero attached hydrogens (tertiary/aromatic N) is 3. The first-order valence-corrected chi connectivity index (χ1v) is 14.7. The van der Waals surface area contributed by atoms with Crippen LogP contribution in [0.1, 0.15) is 52.8 Å². The molecule has 3 heterocycles. The van der Waals surface area contributed by atoms with Crippen LogP contribution in [0, 0.1) is 13.8 Å². The molecule has 2 aromatic carbocycles. The Labute approximate surface area is 258 Å². The van der Waals surface area contributed by atoms with Crippen LogP contribution in [0.2, 0.25) is 0 Å². The van der Waals surface area contributed by atoms with Crippen LogP contribution in [0.25, 0.3) is 11.8 Å². The number of hydrogen-bond acceptors (Lipinski definition) is 9. The number of ether oxygens (including phenoxy) is 4. The molecule has 4 aromatic rings. The summed E-state index contributed by atoms with van der Waals surface area (Å²) < 4.78 is 25.2. The molecule has 2 aromatic heterocycles. The highest BCUT2D eigenvalue weighted by Crippen LogP contribution is 2.36. The molecule has 0 aliphatic carbocycles. The molecule has 1 aliphatic rings. The van der Waals surface area contributed by atoms with Crippen LogP contribution in [-0.4, -0.2) is 49.0 Å². The number of aryl methyl sites for hydroxylation is 1. The highest BCUT2D eigenvalue weighted by atomic mass is 32.1. The average molecular weight is 616 g/mol. The van der Waals surface area contributed by atoms with E-state index in [4.69, 9.17) is 18.9 Å². The monoisotopic (exact) mass is 615 g/mol. The summed E-state index contributed by atoms with van der Waals surface area (Å²) in [6.45, 7) is 7.57. The molecule has 5 rings (SSSR count). The number of benzene rings is 2. The van der Waals surface area contributed by atoms with Crippen LogP contribution >= 0.6 is 11.3 Å². The van der Waals surface area contributed by atoms with Gasteiger partial charge in [0.2, 0.25) is 0 Å². The van der Waals surface area contributed by atoms with Crippen molar-refractivity contribution in [2.45, 2.75) is 33.7 Å². The molecule has 0 unspecified atom stereocenters. The number of hydrogen-bond donors (Lipinski definition) is 0. The lowest BCUT2D eigenvalue weighted by Crippen LogP contribution is -2.40. The van der Waals surface area contributed by atoms with Crippen molar-refractivity contribution >= 4 is 29.4 Å². The second-order valence-electron chi connectivity index (χ2n) is 10.1. The lowest BCUT2D eigenvalue weighted by Gasteiger charge is -2.25. The Morgan fingerprint density at radius 1 is 0.977 bits per heavy atom. The normalized spacial score (nSPS) is 14.6. The van der Waals surface area contributed by atoms with Gasteiger partial charge < -0.3 is 23.5 Å². The number of rotatable bonds is 8. The molecule has 0 N–H and O–H groups in total. The summed E-state index contributed by atoms with van der Waals surface area (Å²) in [4.78, 5) is 44.7. The van der Waals surface area contributed by atoms with Crippen molar-refractivity contribution in [2.75, 3.05) is 27.9 Å². The van der Waals surface area contributed by atoms with E-state index in [1.54, 1.807) is 57.4 Å². The average Bonchev–Trinajstić information content (AvgIpc) is 3.48. The number of methoxy groups -OCH3 is 3. The lowest BCUT2D eigenvalue weighted by molar-refractivity contribution is -0.139. The van der Waals surface area contributed by atoms with Crippen LogP contribution in [-0.2, 0) is 14.3 Å². The number of fused-ring (bicyclic) bond motifs is 1. The molecule has 0 saturated heterocycles. The summed E-state index contributed by atoms with van der Waals surface area (Å²) in [5, 5.41) is 0. The second-order valence-corrected chi connectivity index (χ2v) is 11.1. The molecule has 228 valence electrons. The number of carbonyl (C=O) groups excluding carboxylic acids is 2. The van der Waals surface area contributed by atoms with Gasteiger partial charge in [0.25, 0.3) is 5.56 Å². The van der Waals surface area contributed by atoms with Gasteiger partial charge in [-0.3, -0.25) is 9.36 Å². The molecular weight excluding hydrogens is 582 g/mol. The van der Waals surface area contributed by atoms with Crippen LogP contribution in [0.15, 0.2) is 69.6 Å². The van der Waals surface area contributed by atoms with Gasteiger partial charge >= 0.3 is 11.9 Å². The van der Waals surface area contributed by atoms with Gasteiger partial charge in [-0.25, -0.2) is 14.6 Å². The Kier molecular flexibility index (Phi) is 8.59. The lowest BCUT2D eigenvalue weighted by atomic mass is 9.95. The van der Waals surface area contributed by atoms with Gasteiger partial charge in [-0.2, -0.15) is 0 Å². The van der Waals surface area contributed by atoms with E-state index in [-0.39, 0.29) is 17.7 Å². The minimum Gasteiger partial charge on any atom is -0.493 e. The Hall–Kier alpha value is -4.90. The second kappa shape index (κ2) is 12.4. The third kappa shape index (κ3) is 5.35. The van der Waals surface area contributed by atoms with E-state index in [0.29, 0.717) is 37.7 Å². The zero-order chi connectivity index (χ0) is 31.7. The van der Waals surface area contributed by atoms with E-state index in [2.05, 4.69) is 4.99 Å². The highest BCUT2D eigenvalue weighted by molar-refractivity contribution is 7.07. The van der Waals surface area contributed by atoms with Crippen molar-refractivity contribution in [1.29, 1.82) is 0 Å². The molecule has 44 heavy (non-hydrogen) atoms. The fraction of sp³-hybridized carbons (Fsp3) is 0.273. The van der Waals surface area contributed by atoms with E-state index in [1.165, 1.54) is 30.1 Å². The quantitative estimate of drug-likeness (QED) is 0.276. The Morgan fingerprint density at radius 2 is 1.73 bits per heavy atom. The third-order valence-corrected chi connectivity index (χ3v) is 8.51. The zero-order valence-corrected chi connectivity index (χ0v) is 26.4. The van der Waals surface area contributed by atoms with Gasteiger partial charge in [-0.05, 0) is 81.3 Å². The first kappa shape index (κ1) is 30.6. The molecular formula is C33H33N3O7S. The van der Waals surface area contributed by atoms with Crippen molar-refractivity contribution in [1.82, 2.24) is 9.13 Å². The molecule has 10 nitrogen and oxygen atoms in total. The molecule has 1 atom stereocenters. The fourth-order valence-electron chi connectivity index (χ4n) is 5.49. The van der Waals surface area contributed by atoms with E-state index in [0.717, 1.165) is 22.6 Å². The highest BCUT2D eigenvalue weighted by Gasteiger charge is 2.34. The molecule has 0 fully saturated rings. The van der Waals surface area contributed by atoms with Crippen molar-refractivity contribution in [3.05, 3.63) is 108 Å². The summed E-state index contributed by atoms with van der Waals surface area (Å²) in [5.74, 6) is 0.0286. The number of aromatic nitrogens is 2. The number of thiazole rings is 1. The summed E-state index contributed by atoms with van der Waals surface area (Å²) in [7, 11) is 4.42. The predicted octanol–water partition coefficient (Wildman–Crippen LogP) is 4.01. The minimum atomic E-state index is -0.791. The molecule has 0 radical (unpaired) electrons. The molecule has 11 heteroatoms. The zero-order valence-electron chi connectivity index (χ0n) is 25.6. The van der Waals surface area contributed by atoms with E-state index >= 15 is 0 Å². The number of carbonyl (C=O) groups is 2. The maximum absolute atomic E-state index is 14.1. The maximum atomic E-state index is 14.1. The van der Waals surface area contributed by atoms with Crippen molar-refractivity contribution < 1.29 is 28.5 Å². The Balaban J connectivity index is 1.68. The van der Waals surface area contributed by atoms with E-state index in [1.807, 2.05) is 36.6 Å². The van der Waals surface area contributed by atoms with Crippen molar-refractivity contribution in [2.24, 2.45) is 4.99 Å². The predicted molar refractivity (Wildman–Crippen MR) is 167 cm³/mol. The summed E-state index contributed by atoms with van der Waals surface area (Å²) in [6, 6.07) is 13.7. The van der Waals surface area contributed by atoms with Gasteiger partial charge in [-0.1, -0.05) is 23.5 Å². The van der Waals surface area contributed by atoms with Gasteiger partial charge in [0.1, 0.15) is 0 Å². The van der Waals surface area contributed by atoms with Gasteiger partial charge in [0.05, 0.1) is 55.3 Å². The van der Waals surface area contributed by atoms with E-state index in [9.17, 15) is 14.4 Å². The van der Waals surface area contributed by atoms with Crippen LogP contribution in [0.5, 0.6) is 11.5 Å². The van der Waals surface area contributed by atoms with Crippen molar-refractivity contribution in [3.8, 4) is 17.2 Å². The summed E-state index contributed by atoms with van der Waals surface area (Å²) in [5.41, 5.74) is 4.99.